The van der Waals surface area contributed by atoms with Crippen LogP contribution in [0.25, 0.3) is 0 Å². The van der Waals surface area contributed by atoms with Crippen molar-refractivity contribution in [3.05, 3.63) is 53.0 Å². The normalized spacial score (nSPS) is 13.9. The van der Waals surface area contributed by atoms with Crippen LogP contribution in [0, 0.1) is 6.92 Å². The summed E-state index contributed by atoms with van der Waals surface area (Å²) >= 11 is 0. The van der Waals surface area contributed by atoms with E-state index in [2.05, 4.69) is 40.0 Å². The van der Waals surface area contributed by atoms with Gasteiger partial charge in [0.15, 0.2) is 5.69 Å². The highest BCUT2D eigenvalue weighted by atomic mass is 16.4. The third-order valence-corrected chi connectivity index (χ3v) is 3.69. The first-order valence-corrected chi connectivity index (χ1v) is 6.53. The van der Waals surface area contributed by atoms with Gasteiger partial charge < -0.3 is 10.0 Å². The van der Waals surface area contributed by atoms with E-state index in [0.29, 0.717) is 0 Å². The van der Waals surface area contributed by atoms with Crippen LogP contribution in [0.2, 0.25) is 0 Å². The van der Waals surface area contributed by atoms with Crippen LogP contribution in [0.3, 0.4) is 0 Å². The predicted molar refractivity (Wildman–Crippen MR) is 74.9 cm³/mol. The van der Waals surface area contributed by atoms with Crippen LogP contribution in [0.1, 0.15) is 27.2 Å². The summed E-state index contributed by atoms with van der Waals surface area (Å²) in [6.45, 7) is 3.78. The second-order valence-corrected chi connectivity index (χ2v) is 4.95. The summed E-state index contributed by atoms with van der Waals surface area (Å²) in [6.07, 6.45) is 3.82. The van der Waals surface area contributed by atoms with Crippen LogP contribution >= 0.6 is 0 Å². The largest absolute Gasteiger partial charge is 0.476 e. The molecule has 2 aromatic rings. The lowest BCUT2D eigenvalue weighted by atomic mass is 9.96. The number of aromatic carboxylic acids is 1. The highest BCUT2D eigenvalue weighted by molar-refractivity contribution is 5.84. The van der Waals surface area contributed by atoms with Crippen molar-refractivity contribution in [3.63, 3.8) is 0 Å². The van der Waals surface area contributed by atoms with Gasteiger partial charge in [0.05, 0.1) is 12.4 Å². The van der Waals surface area contributed by atoms with E-state index >= 15 is 0 Å². The molecule has 0 unspecified atom stereocenters. The van der Waals surface area contributed by atoms with Crippen molar-refractivity contribution in [1.82, 2.24) is 9.97 Å². The summed E-state index contributed by atoms with van der Waals surface area (Å²) in [5.41, 5.74) is 3.98. The van der Waals surface area contributed by atoms with E-state index in [1.807, 2.05) is 0 Å². The van der Waals surface area contributed by atoms with E-state index in [9.17, 15) is 4.79 Å². The van der Waals surface area contributed by atoms with Crippen molar-refractivity contribution in [2.45, 2.75) is 19.9 Å². The summed E-state index contributed by atoms with van der Waals surface area (Å²) < 4.78 is 0. The Morgan fingerprint density at radius 3 is 2.85 bits per heavy atom. The molecule has 5 nitrogen and oxygen atoms in total. The number of hydrogen-bond acceptors (Lipinski definition) is 4. The SMILES string of the molecule is Cc1cccc2c1CN(c1cnc(C(=O)O)cn1)CC2. The zero-order valence-electron chi connectivity index (χ0n) is 11.2. The number of carbonyl (C=O) groups is 1. The molecule has 0 atom stereocenters. The predicted octanol–water partition coefficient (Wildman–Crippen LogP) is 2.05. The molecule has 3 rings (SSSR count). The van der Waals surface area contributed by atoms with E-state index in [0.717, 1.165) is 25.3 Å². The van der Waals surface area contributed by atoms with Gasteiger partial charge in [0.25, 0.3) is 0 Å². The molecule has 1 aromatic heterocycles. The molecule has 0 spiro atoms. The monoisotopic (exact) mass is 269 g/mol. The van der Waals surface area contributed by atoms with Gasteiger partial charge in [-0.15, -0.1) is 0 Å². The van der Waals surface area contributed by atoms with Crippen molar-refractivity contribution >= 4 is 11.8 Å². The van der Waals surface area contributed by atoms with Gasteiger partial charge in [-0.2, -0.15) is 0 Å². The fourth-order valence-electron chi connectivity index (χ4n) is 2.54. The molecule has 5 heteroatoms. The maximum Gasteiger partial charge on any atom is 0.356 e. The molecule has 1 N–H and O–H groups in total. The average Bonchev–Trinajstić information content (AvgIpc) is 2.47. The van der Waals surface area contributed by atoms with Crippen LogP contribution in [0.4, 0.5) is 5.82 Å². The van der Waals surface area contributed by atoms with Gasteiger partial charge >= 0.3 is 5.97 Å². The molecule has 20 heavy (non-hydrogen) atoms. The standard InChI is InChI=1S/C15H15N3O2/c1-10-3-2-4-11-5-6-18(9-12(10)11)14-8-16-13(7-17-14)15(19)20/h2-4,7-8H,5-6,9H2,1H3,(H,19,20). The smallest absolute Gasteiger partial charge is 0.356 e. The molecule has 1 aliphatic heterocycles. The Balaban J connectivity index is 1.86. The van der Waals surface area contributed by atoms with Crippen molar-refractivity contribution in [2.24, 2.45) is 0 Å². The number of benzene rings is 1. The summed E-state index contributed by atoms with van der Waals surface area (Å²) in [6, 6.07) is 6.37. The van der Waals surface area contributed by atoms with Gasteiger partial charge in [0, 0.05) is 13.1 Å². The maximum atomic E-state index is 10.8. The van der Waals surface area contributed by atoms with Gasteiger partial charge in [-0.1, -0.05) is 18.2 Å². The minimum absolute atomic E-state index is 0.0256. The zero-order chi connectivity index (χ0) is 14.1. The molecular formula is C15H15N3O2. The minimum atomic E-state index is -1.05. The topological polar surface area (TPSA) is 66.3 Å². The molecule has 102 valence electrons. The number of carboxylic acids is 1. The van der Waals surface area contributed by atoms with Crippen LogP contribution < -0.4 is 4.90 Å². The lowest BCUT2D eigenvalue weighted by Gasteiger charge is -2.30. The van der Waals surface area contributed by atoms with E-state index in [1.54, 1.807) is 0 Å². The summed E-state index contributed by atoms with van der Waals surface area (Å²) in [4.78, 5) is 21.1. The number of rotatable bonds is 2. The van der Waals surface area contributed by atoms with Gasteiger partial charge in [-0.3, -0.25) is 0 Å². The van der Waals surface area contributed by atoms with Crippen molar-refractivity contribution in [3.8, 4) is 0 Å². The highest BCUT2D eigenvalue weighted by Gasteiger charge is 2.19. The maximum absolute atomic E-state index is 10.8. The first-order valence-electron chi connectivity index (χ1n) is 6.53. The molecule has 0 saturated carbocycles. The quantitative estimate of drug-likeness (QED) is 0.903. The Kier molecular flexibility index (Phi) is 3.10. The molecule has 0 aliphatic carbocycles. The fraction of sp³-hybridized carbons (Fsp3) is 0.267. The lowest BCUT2D eigenvalue weighted by molar-refractivity contribution is 0.0690. The number of anilines is 1. The van der Waals surface area contributed by atoms with Crippen LogP contribution in [-0.2, 0) is 13.0 Å². The van der Waals surface area contributed by atoms with Crippen molar-refractivity contribution in [2.75, 3.05) is 11.4 Å². The van der Waals surface area contributed by atoms with Crippen molar-refractivity contribution in [1.29, 1.82) is 0 Å². The molecule has 0 saturated heterocycles. The Morgan fingerprint density at radius 1 is 1.30 bits per heavy atom. The molecule has 2 heterocycles. The first-order chi connectivity index (χ1) is 9.65. The summed E-state index contributed by atoms with van der Waals surface area (Å²) in [5, 5.41) is 8.84. The molecule has 1 aromatic carbocycles. The number of nitrogens with zero attached hydrogens (tertiary/aromatic N) is 3. The Morgan fingerprint density at radius 2 is 2.15 bits per heavy atom. The van der Waals surface area contributed by atoms with Gasteiger partial charge in [0.1, 0.15) is 5.82 Å². The van der Waals surface area contributed by atoms with E-state index in [-0.39, 0.29) is 5.69 Å². The van der Waals surface area contributed by atoms with Crippen LogP contribution in [-0.4, -0.2) is 27.6 Å². The first kappa shape index (κ1) is 12.6. The third-order valence-electron chi connectivity index (χ3n) is 3.69. The minimum Gasteiger partial charge on any atom is -0.476 e. The molecule has 0 radical (unpaired) electrons. The molecule has 0 bridgehead atoms. The zero-order valence-corrected chi connectivity index (χ0v) is 11.2. The summed E-state index contributed by atoms with van der Waals surface area (Å²) in [5.74, 6) is -0.326. The van der Waals surface area contributed by atoms with Crippen LogP contribution in [0.5, 0.6) is 0 Å². The highest BCUT2D eigenvalue weighted by Crippen LogP contribution is 2.24. The molecule has 0 fully saturated rings. The third kappa shape index (κ3) is 2.22. The van der Waals surface area contributed by atoms with Gasteiger partial charge in [-0.05, 0) is 30.0 Å². The second-order valence-electron chi connectivity index (χ2n) is 4.95. The Hall–Kier alpha value is -2.43. The number of hydrogen-bond donors (Lipinski definition) is 1. The lowest BCUT2D eigenvalue weighted by Crippen LogP contribution is -2.31. The van der Waals surface area contributed by atoms with E-state index < -0.39 is 5.97 Å². The summed E-state index contributed by atoms with van der Waals surface area (Å²) in [7, 11) is 0. The fourth-order valence-corrected chi connectivity index (χ4v) is 2.54. The van der Waals surface area contributed by atoms with E-state index in [1.165, 1.54) is 29.1 Å². The van der Waals surface area contributed by atoms with Gasteiger partial charge in [-0.25, -0.2) is 14.8 Å². The number of fused-ring (bicyclic) bond motifs is 1. The number of aromatic nitrogens is 2. The molecule has 1 aliphatic rings. The van der Waals surface area contributed by atoms with Crippen molar-refractivity contribution < 1.29 is 9.90 Å². The number of carboxylic acid groups (broad SMARTS) is 1. The van der Waals surface area contributed by atoms with Gasteiger partial charge in [0.2, 0.25) is 0 Å². The average molecular weight is 269 g/mol. The Bertz CT molecular complexity index is 653. The number of aryl methyl sites for hydroxylation is 1. The molecule has 0 amide bonds. The van der Waals surface area contributed by atoms with Crippen LogP contribution in [0.15, 0.2) is 30.6 Å². The second kappa shape index (κ2) is 4.92. The Labute approximate surface area is 116 Å². The molecular weight excluding hydrogens is 254 g/mol. The van der Waals surface area contributed by atoms with E-state index in [4.69, 9.17) is 5.11 Å².